The van der Waals surface area contributed by atoms with Crippen LogP contribution in [0, 0.1) is 17.2 Å². The average Bonchev–Trinajstić information content (AvgIpc) is 2.84. The number of benzene rings is 2. The van der Waals surface area contributed by atoms with Crippen molar-refractivity contribution >= 4 is 0 Å². The number of nitrogens with zero attached hydrogens (tertiary/aromatic N) is 2. The lowest BCUT2D eigenvalue weighted by Crippen LogP contribution is -2.56. The van der Waals surface area contributed by atoms with Gasteiger partial charge in [-0.2, -0.15) is 5.26 Å². The zero-order valence-corrected chi connectivity index (χ0v) is 16.6. The summed E-state index contributed by atoms with van der Waals surface area (Å²) in [7, 11) is 2.38. The number of quaternary nitrogens is 1. The molecule has 0 N–H and O–H groups in total. The summed E-state index contributed by atoms with van der Waals surface area (Å²) in [6.07, 6.45) is 2.09. The molecule has 1 fully saturated rings. The third kappa shape index (κ3) is 3.17. The summed E-state index contributed by atoms with van der Waals surface area (Å²) in [4.78, 5) is 0. The van der Waals surface area contributed by atoms with E-state index < -0.39 is 5.41 Å². The summed E-state index contributed by atoms with van der Waals surface area (Å²) in [5, 5.41) is 10.4. The van der Waals surface area contributed by atoms with E-state index in [9.17, 15) is 5.26 Å². The Labute approximate surface area is 158 Å². The number of rotatable bonds is 5. The van der Waals surface area contributed by atoms with Gasteiger partial charge >= 0.3 is 0 Å². The third-order valence-electron chi connectivity index (χ3n) is 6.73. The highest BCUT2D eigenvalue weighted by Crippen LogP contribution is 2.42. The SMILES string of the molecule is CC1CC(C)(C)[N+](C)(CCC(C#N)(c2ccccc2)c2ccccc2)C1. The Bertz CT molecular complexity index is 733. The molecule has 0 aliphatic carbocycles. The summed E-state index contributed by atoms with van der Waals surface area (Å²) in [6, 6.07) is 23.4. The van der Waals surface area contributed by atoms with Crippen LogP contribution in [0.1, 0.15) is 44.7 Å². The predicted molar refractivity (Wildman–Crippen MR) is 108 cm³/mol. The third-order valence-corrected chi connectivity index (χ3v) is 6.73. The van der Waals surface area contributed by atoms with Gasteiger partial charge in [0.15, 0.2) is 0 Å². The molecule has 0 spiro atoms. The fourth-order valence-corrected chi connectivity index (χ4v) is 4.97. The summed E-state index contributed by atoms with van der Waals surface area (Å²) in [5.41, 5.74) is 1.87. The molecule has 2 atom stereocenters. The lowest BCUT2D eigenvalue weighted by atomic mass is 9.73. The molecular formula is C24H31N2+. The molecule has 26 heavy (non-hydrogen) atoms. The van der Waals surface area contributed by atoms with Gasteiger partial charge in [-0.3, -0.25) is 0 Å². The zero-order valence-electron chi connectivity index (χ0n) is 16.6. The van der Waals surface area contributed by atoms with Crippen molar-refractivity contribution in [2.24, 2.45) is 5.92 Å². The van der Waals surface area contributed by atoms with Gasteiger partial charge < -0.3 is 4.48 Å². The minimum atomic E-state index is -0.592. The van der Waals surface area contributed by atoms with E-state index in [1.54, 1.807) is 0 Å². The predicted octanol–water partition coefficient (Wildman–Crippen LogP) is 5.15. The first kappa shape index (κ1) is 18.7. The van der Waals surface area contributed by atoms with Crippen molar-refractivity contribution in [1.29, 1.82) is 5.26 Å². The van der Waals surface area contributed by atoms with E-state index in [0.29, 0.717) is 0 Å². The number of hydrogen-bond donors (Lipinski definition) is 0. The maximum atomic E-state index is 10.4. The molecule has 0 aromatic heterocycles. The van der Waals surface area contributed by atoms with E-state index in [1.807, 2.05) is 36.4 Å². The Balaban J connectivity index is 1.99. The van der Waals surface area contributed by atoms with E-state index in [2.05, 4.69) is 58.2 Å². The van der Waals surface area contributed by atoms with Crippen molar-refractivity contribution in [3.63, 3.8) is 0 Å². The van der Waals surface area contributed by atoms with Crippen molar-refractivity contribution in [2.75, 3.05) is 20.1 Å². The number of likely N-dealkylation sites (tertiary alicyclic amines) is 1. The van der Waals surface area contributed by atoms with Crippen molar-refractivity contribution < 1.29 is 4.48 Å². The molecule has 1 aliphatic rings. The van der Waals surface area contributed by atoms with Crippen molar-refractivity contribution in [1.82, 2.24) is 0 Å². The minimum absolute atomic E-state index is 0.258. The van der Waals surface area contributed by atoms with Gasteiger partial charge in [-0.1, -0.05) is 67.6 Å². The van der Waals surface area contributed by atoms with E-state index >= 15 is 0 Å². The first-order valence-electron chi connectivity index (χ1n) is 9.70. The van der Waals surface area contributed by atoms with Crippen molar-refractivity contribution in [2.45, 2.75) is 44.6 Å². The fourth-order valence-electron chi connectivity index (χ4n) is 4.97. The second-order valence-corrected chi connectivity index (χ2v) is 8.92. The van der Waals surface area contributed by atoms with Gasteiger partial charge in [0.25, 0.3) is 0 Å². The summed E-state index contributed by atoms with van der Waals surface area (Å²) >= 11 is 0. The molecule has 2 aromatic carbocycles. The topological polar surface area (TPSA) is 23.8 Å². The minimum Gasteiger partial charge on any atom is -0.321 e. The molecule has 3 rings (SSSR count). The molecule has 0 amide bonds. The molecular weight excluding hydrogens is 316 g/mol. The molecule has 2 nitrogen and oxygen atoms in total. The molecule has 0 radical (unpaired) electrons. The van der Waals surface area contributed by atoms with Crippen LogP contribution in [-0.4, -0.2) is 30.2 Å². The molecule has 2 heteroatoms. The molecule has 1 aliphatic heterocycles. The smallest absolute Gasteiger partial charge is 0.112 e. The second kappa shape index (κ2) is 6.89. The quantitative estimate of drug-likeness (QED) is 0.686. The lowest BCUT2D eigenvalue weighted by Gasteiger charge is -2.44. The summed E-state index contributed by atoms with van der Waals surface area (Å²) in [6.45, 7) is 9.33. The fraction of sp³-hybridized carbons (Fsp3) is 0.458. The van der Waals surface area contributed by atoms with Crippen LogP contribution in [0.2, 0.25) is 0 Å². The highest BCUT2D eigenvalue weighted by molar-refractivity contribution is 5.45. The molecule has 2 aromatic rings. The van der Waals surface area contributed by atoms with Gasteiger partial charge in [0.2, 0.25) is 0 Å². The van der Waals surface area contributed by atoms with Gasteiger partial charge in [0, 0.05) is 18.8 Å². The Kier molecular flexibility index (Phi) is 4.95. The van der Waals surface area contributed by atoms with Gasteiger partial charge in [-0.15, -0.1) is 0 Å². The van der Waals surface area contributed by atoms with Crippen LogP contribution in [0.15, 0.2) is 60.7 Å². The molecule has 0 saturated carbocycles. The highest BCUT2D eigenvalue weighted by atomic mass is 15.4. The summed E-state index contributed by atoms with van der Waals surface area (Å²) in [5.74, 6) is 0.736. The van der Waals surface area contributed by atoms with Crippen LogP contribution in [0.25, 0.3) is 0 Å². The average molecular weight is 348 g/mol. The van der Waals surface area contributed by atoms with E-state index in [0.717, 1.165) is 34.5 Å². The maximum Gasteiger partial charge on any atom is 0.112 e. The molecule has 136 valence electrons. The number of hydrogen-bond acceptors (Lipinski definition) is 1. The Morgan fingerprint density at radius 2 is 1.54 bits per heavy atom. The van der Waals surface area contributed by atoms with Crippen LogP contribution in [0.4, 0.5) is 0 Å². The highest BCUT2D eigenvalue weighted by Gasteiger charge is 2.49. The van der Waals surface area contributed by atoms with E-state index in [1.165, 1.54) is 13.0 Å². The number of nitriles is 1. The molecule has 0 bridgehead atoms. The summed E-state index contributed by atoms with van der Waals surface area (Å²) < 4.78 is 1.04. The first-order chi connectivity index (χ1) is 12.3. The van der Waals surface area contributed by atoms with Crippen molar-refractivity contribution in [3.05, 3.63) is 71.8 Å². The molecule has 1 saturated heterocycles. The largest absolute Gasteiger partial charge is 0.321 e. The second-order valence-electron chi connectivity index (χ2n) is 8.92. The Morgan fingerprint density at radius 1 is 1.04 bits per heavy atom. The van der Waals surface area contributed by atoms with Gasteiger partial charge in [0.1, 0.15) is 5.41 Å². The standard InChI is InChI=1S/C24H31N2/c1-20-17-23(2,3)26(4,18-20)16-15-24(19-25,21-11-7-5-8-12-21)22-13-9-6-10-14-22/h5-14,20H,15-18H2,1-4H3/q+1. The van der Waals surface area contributed by atoms with Gasteiger partial charge in [-0.25, -0.2) is 0 Å². The lowest BCUT2D eigenvalue weighted by molar-refractivity contribution is -0.944. The zero-order chi connectivity index (χ0) is 18.8. The van der Waals surface area contributed by atoms with Crippen LogP contribution < -0.4 is 0 Å². The normalized spacial score (nSPS) is 25.0. The van der Waals surface area contributed by atoms with Crippen molar-refractivity contribution in [3.8, 4) is 6.07 Å². The van der Waals surface area contributed by atoms with Crippen LogP contribution >= 0.6 is 0 Å². The van der Waals surface area contributed by atoms with Gasteiger partial charge in [-0.05, 0) is 25.0 Å². The van der Waals surface area contributed by atoms with Crippen LogP contribution in [0.3, 0.4) is 0 Å². The van der Waals surface area contributed by atoms with E-state index in [4.69, 9.17) is 0 Å². The Morgan fingerprint density at radius 3 is 1.92 bits per heavy atom. The Hall–Kier alpha value is -2.11. The molecule has 1 heterocycles. The first-order valence-corrected chi connectivity index (χ1v) is 9.70. The van der Waals surface area contributed by atoms with Crippen LogP contribution in [0.5, 0.6) is 0 Å². The van der Waals surface area contributed by atoms with E-state index in [-0.39, 0.29) is 5.54 Å². The van der Waals surface area contributed by atoms with Crippen LogP contribution in [-0.2, 0) is 5.41 Å². The van der Waals surface area contributed by atoms with Gasteiger partial charge in [0.05, 0.1) is 31.7 Å². The monoisotopic (exact) mass is 347 g/mol. The molecule has 2 unspecified atom stereocenters. The maximum absolute atomic E-state index is 10.4.